The third kappa shape index (κ3) is 1.94. The van der Waals surface area contributed by atoms with Crippen LogP contribution in [0.5, 0.6) is 5.75 Å². The molecule has 2 aromatic heterocycles. The zero-order valence-electron chi connectivity index (χ0n) is 11.0. The van der Waals surface area contributed by atoms with Crippen molar-refractivity contribution in [2.75, 3.05) is 7.11 Å². The molecular formula is C14H12N2O3S. The SMILES string of the molecule is COc1ccc2sc(-c3c(C(=O)O)cnn3C)cc2c1. The maximum Gasteiger partial charge on any atom is 0.339 e. The van der Waals surface area contributed by atoms with E-state index in [1.165, 1.54) is 6.20 Å². The number of carbonyl (C=O) groups is 1. The minimum Gasteiger partial charge on any atom is -0.497 e. The third-order valence-electron chi connectivity index (χ3n) is 3.13. The fraction of sp³-hybridized carbons (Fsp3) is 0.143. The molecule has 3 rings (SSSR count). The molecule has 1 N–H and O–H groups in total. The lowest BCUT2D eigenvalue weighted by atomic mass is 10.2. The highest BCUT2D eigenvalue weighted by atomic mass is 32.1. The molecule has 0 saturated heterocycles. The first-order chi connectivity index (χ1) is 9.60. The van der Waals surface area contributed by atoms with E-state index in [2.05, 4.69) is 5.10 Å². The number of hydrogen-bond acceptors (Lipinski definition) is 4. The monoisotopic (exact) mass is 288 g/mol. The summed E-state index contributed by atoms with van der Waals surface area (Å²) in [7, 11) is 3.37. The molecule has 0 amide bonds. The summed E-state index contributed by atoms with van der Waals surface area (Å²) in [5.74, 6) is -0.187. The number of carboxylic acid groups (broad SMARTS) is 1. The molecule has 2 heterocycles. The van der Waals surface area contributed by atoms with Crippen LogP contribution in [0.2, 0.25) is 0 Å². The van der Waals surface area contributed by atoms with E-state index in [4.69, 9.17) is 4.74 Å². The summed E-state index contributed by atoms with van der Waals surface area (Å²) < 4.78 is 7.87. The van der Waals surface area contributed by atoms with Crippen LogP contribution in [0.3, 0.4) is 0 Å². The smallest absolute Gasteiger partial charge is 0.339 e. The molecular weight excluding hydrogens is 276 g/mol. The maximum absolute atomic E-state index is 11.3. The number of thiophene rings is 1. The second kappa shape index (κ2) is 4.64. The van der Waals surface area contributed by atoms with Crippen LogP contribution in [-0.2, 0) is 7.05 Å². The second-order valence-electron chi connectivity index (χ2n) is 4.35. The zero-order valence-corrected chi connectivity index (χ0v) is 11.8. The topological polar surface area (TPSA) is 64.3 Å². The number of aryl methyl sites for hydroxylation is 1. The normalized spacial score (nSPS) is 10.9. The van der Waals surface area contributed by atoms with Crippen LogP contribution in [0.4, 0.5) is 0 Å². The molecule has 0 unspecified atom stereocenters. The number of nitrogens with zero attached hydrogens (tertiary/aromatic N) is 2. The summed E-state index contributed by atoms with van der Waals surface area (Å²) in [4.78, 5) is 12.1. The van der Waals surface area contributed by atoms with E-state index in [0.29, 0.717) is 5.69 Å². The van der Waals surface area contributed by atoms with Gasteiger partial charge < -0.3 is 9.84 Å². The van der Waals surface area contributed by atoms with Gasteiger partial charge in [-0.3, -0.25) is 4.68 Å². The molecule has 3 aromatic rings. The van der Waals surface area contributed by atoms with Gasteiger partial charge in [-0.15, -0.1) is 11.3 Å². The minimum absolute atomic E-state index is 0.214. The second-order valence-corrected chi connectivity index (χ2v) is 5.43. The van der Waals surface area contributed by atoms with Crippen molar-refractivity contribution in [2.24, 2.45) is 7.05 Å². The average molecular weight is 288 g/mol. The molecule has 0 fully saturated rings. The quantitative estimate of drug-likeness (QED) is 0.804. The summed E-state index contributed by atoms with van der Waals surface area (Å²) in [6, 6.07) is 7.77. The lowest BCUT2D eigenvalue weighted by Gasteiger charge is -1.99. The highest BCUT2D eigenvalue weighted by Crippen LogP contribution is 2.36. The first-order valence-corrected chi connectivity index (χ1v) is 6.75. The Bertz CT molecular complexity index is 804. The lowest BCUT2D eigenvalue weighted by molar-refractivity contribution is 0.0697. The molecule has 1 aromatic carbocycles. The van der Waals surface area contributed by atoms with E-state index in [9.17, 15) is 9.90 Å². The molecule has 0 spiro atoms. The van der Waals surface area contributed by atoms with Crippen molar-refractivity contribution >= 4 is 27.4 Å². The number of hydrogen-bond donors (Lipinski definition) is 1. The predicted octanol–water partition coefficient (Wildman–Crippen LogP) is 3.01. The molecule has 0 saturated carbocycles. The predicted molar refractivity (Wildman–Crippen MR) is 77.5 cm³/mol. The third-order valence-corrected chi connectivity index (χ3v) is 4.25. The van der Waals surface area contributed by atoms with Gasteiger partial charge in [-0.1, -0.05) is 0 Å². The minimum atomic E-state index is -0.969. The highest BCUT2D eigenvalue weighted by molar-refractivity contribution is 7.22. The van der Waals surface area contributed by atoms with Gasteiger partial charge in [0.25, 0.3) is 0 Å². The summed E-state index contributed by atoms with van der Waals surface area (Å²) in [6.07, 6.45) is 1.38. The number of methoxy groups -OCH3 is 1. The lowest BCUT2D eigenvalue weighted by Crippen LogP contribution is -1.99. The summed E-state index contributed by atoms with van der Waals surface area (Å²) in [5.41, 5.74) is 0.837. The van der Waals surface area contributed by atoms with Crippen LogP contribution in [0.1, 0.15) is 10.4 Å². The molecule has 102 valence electrons. The Kier molecular flexibility index (Phi) is 2.94. The molecule has 6 heteroatoms. The molecule has 0 aliphatic carbocycles. The van der Waals surface area contributed by atoms with Crippen LogP contribution in [0, 0.1) is 0 Å². The fourth-order valence-corrected chi connectivity index (χ4v) is 3.28. The van der Waals surface area contributed by atoms with Gasteiger partial charge in [-0.2, -0.15) is 5.10 Å². The van der Waals surface area contributed by atoms with Crippen molar-refractivity contribution in [1.82, 2.24) is 9.78 Å². The number of ether oxygens (including phenoxy) is 1. The van der Waals surface area contributed by atoms with E-state index < -0.39 is 5.97 Å². The van der Waals surface area contributed by atoms with Gasteiger partial charge in [0.2, 0.25) is 0 Å². The van der Waals surface area contributed by atoms with Crippen LogP contribution < -0.4 is 4.74 Å². The van der Waals surface area contributed by atoms with Gasteiger partial charge in [-0.25, -0.2) is 4.79 Å². The van der Waals surface area contributed by atoms with E-state index in [0.717, 1.165) is 20.7 Å². The molecule has 5 nitrogen and oxygen atoms in total. The van der Waals surface area contributed by atoms with Gasteiger partial charge in [-0.05, 0) is 29.7 Å². The fourth-order valence-electron chi connectivity index (χ4n) is 2.15. The zero-order chi connectivity index (χ0) is 14.3. The Balaban J connectivity index is 2.20. The van der Waals surface area contributed by atoms with Crippen LogP contribution in [-0.4, -0.2) is 28.0 Å². The van der Waals surface area contributed by atoms with Gasteiger partial charge in [0.15, 0.2) is 0 Å². The average Bonchev–Trinajstić information content (AvgIpc) is 3.00. The number of fused-ring (bicyclic) bond motifs is 1. The summed E-state index contributed by atoms with van der Waals surface area (Å²) in [6.45, 7) is 0. The van der Waals surface area contributed by atoms with E-state index in [1.807, 2.05) is 24.3 Å². The molecule has 0 bridgehead atoms. The van der Waals surface area contributed by atoms with Gasteiger partial charge in [0.1, 0.15) is 11.3 Å². The Labute approximate surface area is 119 Å². The van der Waals surface area contributed by atoms with Crippen molar-refractivity contribution < 1.29 is 14.6 Å². The number of aromatic nitrogens is 2. The van der Waals surface area contributed by atoms with Crippen LogP contribution >= 0.6 is 11.3 Å². The summed E-state index contributed by atoms with van der Waals surface area (Å²) in [5, 5.41) is 14.3. The van der Waals surface area contributed by atoms with Gasteiger partial charge in [0.05, 0.1) is 23.9 Å². The largest absolute Gasteiger partial charge is 0.497 e. The molecule has 0 atom stereocenters. The van der Waals surface area contributed by atoms with Crippen molar-refractivity contribution in [3.05, 3.63) is 36.0 Å². The Morgan fingerprint density at radius 3 is 2.90 bits per heavy atom. The molecule has 0 aliphatic rings. The van der Waals surface area contributed by atoms with Crippen LogP contribution in [0.25, 0.3) is 20.7 Å². The van der Waals surface area contributed by atoms with E-state index in [1.54, 1.807) is 30.2 Å². The summed E-state index contributed by atoms with van der Waals surface area (Å²) >= 11 is 1.54. The van der Waals surface area contributed by atoms with E-state index in [-0.39, 0.29) is 5.56 Å². The molecule has 20 heavy (non-hydrogen) atoms. The van der Waals surface area contributed by atoms with Crippen molar-refractivity contribution in [2.45, 2.75) is 0 Å². The number of benzene rings is 1. The Morgan fingerprint density at radius 1 is 1.40 bits per heavy atom. The van der Waals surface area contributed by atoms with Gasteiger partial charge >= 0.3 is 5.97 Å². The maximum atomic E-state index is 11.3. The van der Waals surface area contributed by atoms with Crippen molar-refractivity contribution in [3.8, 4) is 16.3 Å². The van der Waals surface area contributed by atoms with Crippen molar-refractivity contribution in [3.63, 3.8) is 0 Å². The Hall–Kier alpha value is -2.34. The standard InChI is InChI=1S/C14H12N2O3S/c1-16-13(10(7-15-16)14(17)18)12-6-8-5-9(19-2)3-4-11(8)20-12/h3-7H,1-2H3,(H,17,18). The first kappa shape index (κ1) is 12.7. The number of rotatable bonds is 3. The van der Waals surface area contributed by atoms with E-state index >= 15 is 0 Å². The first-order valence-electron chi connectivity index (χ1n) is 5.93. The number of aromatic carboxylic acids is 1. The van der Waals surface area contributed by atoms with Crippen molar-refractivity contribution in [1.29, 1.82) is 0 Å². The molecule has 0 radical (unpaired) electrons. The Morgan fingerprint density at radius 2 is 2.20 bits per heavy atom. The van der Waals surface area contributed by atoms with Crippen LogP contribution in [0.15, 0.2) is 30.5 Å². The number of carboxylic acids is 1. The van der Waals surface area contributed by atoms with Gasteiger partial charge in [0, 0.05) is 11.7 Å². The molecule has 0 aliphatic heterocycles. The highest BCUT2D eigenvalue weighted by Gasteiger charge is 2.18.